The van der Waals surface area contributed by atoms with Gasteiger partial charge >= 0.3 is 6.03 Å². The van der Waals surface area contributed by atoms with E-state index >= 15 is 0 Å². The summed E-state index contributed by atoms with van der Waals surface area (Å²) in [5.74, 6) is -3.21. The Kier molecular flexibility index (Phi) is 4.77. The molecule has 2 N–H and O–H groups in total. The molecule has 2 aliphatic rings. The second kappa shape index (κ2) is 7.27. The lowest BCUT2D eigenvalue weighted by Crippen LogP contribution is -2.49. The zero-order valence-corrected chi connectivity index (χ0v) is 15.5. The predicted octanol–water partition coefficient (Wildman–Crippen LogP) is 4.25. The number of anilines is 1. The molecule has 150 valence electrons. The minimum absolute atomic E-state index is 0.00882. The van der Waals surface area contributed by atoms with E-state index in [9.17, 15) is 22.8 Å². The van der Waals surface area contributed by atoms with Crippen molar-refractivity contribution in [3.05, 3.63) is 76.7 Å². The molecule has 1 saturated carbocycles. The Morgan fingerprint density at radius 3 is 2.52 bits per heavy atom. The van der Waals surface area contributed by atoms with Gasteiger partial charge in [0.05, 0.1) is 11.6 Å². The van der Waals surface area contributed by atoms with Gasteiger partial charge in [0.2, 0.25) is 0 Å². The van der Waals surface area contributed by atoms with E-state index in [2.05, 4.69) is 10.6 Å². The monoisotopic (exact) mass is 401 g/mol. The standard InChI is InChI=1S/C21H18F3N3O2/c1-11-18(20(28)25-14-5-8-16(23)17(24)10-14)19(12-3-2-4-13(22)9-12)26-21(29)27(11)15-6-7-15/h2-5,8-10,15,19H,6-7H2,1H3,(H,25,28)(H,26,29)/t19-/m1/s1. The number of hydrogen-bond acceptors (Lipinski definition) is 2. The van der Waals surface area contributed by atoms with Crippen LogP contribution in [0.4, 0.5) is 23.7 Å². The third kappa shape index (κ3) is 3.70. The average Bonchev–Trinajstić information content (AvgIpc) is 3.49. The molecule has 0 radical (unpaired) electrons. The van der Waals surface area contributed by atoms with Crippen molar-refractivity contribution in [2.45, 2.75) is 31.8 Å². The summed E-state index contributed by atoms with van der Waals surface area (Å²) >= 11 is 0. The molecule has 2 aromatic rings. The van der Waals surface area contributed by atoms with Crippen molar-refractivity contribution in [1.82, 2.24) is 10.2 Å². The SMILES string of the molecule is CC1=C(C(=O)Nc2ccc(F)c(F)c2)[C@@H](c2cccc(F)c2)NC(=O)N1C1CC1. The molecule has 29 heavy (non-hydrogen) atoms. The maximum Gasteiger partial charge on any atom is 0.322 e. The first-order valence-corrected chi connectivity index (χ1v) is 9.17. The Labute approximate surface area is 165 Å². The fraction of sp³-hybridized carbons (Fsp3) is 0.238. The van der Waals surface area contributed by atoms with Gasteiger partial charge in [-0.05, 0) is 49.6 Å². The highest BCUT2D eigenvalue weighted by atomic mass is 19.2. The van der Waals surface area contributed by atoms with Crippen LogP contribution in [0.25, 0.3) is 0 Å². The van der Waals surface area contributed by atoms with Crippen molar-refractivity contribution in [3.63, 3.8) is 0 Å². The number of halogens is 3. The summed E-state index contributed by atoms with van der Waals surface area (Å²) in [6.45, 7) is 1.66. The third-order valence-electron chi connectivity index (χ3n) is 5.04. The zero-order valence-electron chi connectivity index (χ0n) is 15.5. The van der Waals surface area contributed by atoms with E-state index in [0.29, 0.717) is 11.3 Å². The van der Waals surface area contributed by atoms with E-state index in [-0.39, 0.29) is 23.3 Å². The molecular formula is C21H18F3N3O2. The number of nitrogens with one attached hydrogen (secondary N) is 2. The third-order valence-corrected chi connectivity index (χ3v) is 5.04. The Balaban J connectivity index is 1.74. The first kappa shape index (κ1) is 19.0. The number of nitrogens with zero attached hydrogens (tertiary/aromatic N) is 1. The molecule has 0 spiro atoms. The zero-order chi connectivity index (χ0) is 20.7. The average molecular weight is 401 g/mol. The van der Waals surface area contributed by atoms with Crippen LogP contribution in [0.5, 0.6) is 0 Å². The number of hydrogen-bond donors (Lipinski definition) is 2. The molecule has 1 heterocycles. The number of urea groups is 1. The number of rotatable bonds is 4. The van der Waals surface area contributed by atoms with Gasteiger partial charge in [-0.1, -0.05) is 12.1 Å². The smallest absolute Gasteiger partial charge is 0.322 e. The first-order valence-electron chi connectivity index (χ1n) is 9.17. The molecule has 0 bridgehead atoms. The van der Waals surface area contributed by atoms with Gasteiger partial charge < -0.3 is 10.6 Å². The molecule has 3 amide bonds. The molecule has 1 aliphatic heterocycles. The normalized spacial score (nSPS) is 19.2. The lowest BCUT2D eigenvalue weighted by atomic mass is 9.94. The summed E-state index contributed by atoms with van der Waals surface area (Å²) in [6.07, 6.45) is 1.65. The summed E-state index contributed by atoms with van der Waals surface area (Å²) in [7, 11) is 0. The molecule has 1 atom stereocenters. The van der Waals surface area contributed by atoms with Crippen LogP contribution in [-0.4, -0.2) is 22.9 Å². The van der Waals surface area contributed by atoms with Crippen LogP contribution < -0.4 is 10.6 Å². The minimum atomic E-state index is -1.09. The van der Waals surface area contributed by atoms with E-state index < -0.39 is 29.4 Å². The molecular weight excluding hydrogens is 383 g/mol. The predicted molar refractivity (Wildman–Crippen MR) is 100 cm³/mol. The van der Waals surface area contributed by atoms with Crippen molar-refractivity contribution >= 4 is 17.6 Å². The highest BCUT2D eigenvalue weighted by Gasteiger charge is 2.42. The Hall–Kier alpha value is -3.29. The highest BCUT2D eigenvalue weighted by Crippen LogP contribution is 2.38. The lowest BCUT2D eigenvalue weighted by Gasteiger charge is -2.36. The molecule has 0 saturated heterocycles. The molecule has 1 aliphatic carbocycles. The van der Waals surface area contributed by atoms with Crippen LogP contribution in [0.1, 0.15) is 31.4 Å². The van der Waals surface area contributed by atoms with Gasteiger partial charge in [-0.25, -0.2) is 18.0 Å². The fourth-order valence-electron chi connectivity index (χ4n) is 3.53. The number of carbonyl (C=O) groups excluding carboxylic acids is 2. The van der Waals surface area contributed by atoms with E-state index in [0.717, 1.165) is 25.0 Å². The largest absolute Gasteiger partial charge is 0.326 e. The summed E-state index contributed by atoms with van der Waals surface area (Å²) in [5.41, 5.74) is 1.14. The summed E-state index contributed by atoms with van der Waals surface area (Å²) in [6, 6.07) is 7.41. The maximum atomic E-state index is 13.8. The number of benzene rings is 2. The molecule has 0 aromatic heterocycles. The van der Waals surface area contributed by atoms with Gasteiger partial charge in [0, 0.05) is 23.5 Å². The van der Waals surface area contributed by atoms with E-state index in [1.165, 1.54) is 29.2 Å². The highest BCUT2D eigenvalue weighted by molar-refractivity contribution is 6.06. The molecule has 4 rings (SSSR count). The first-order chi connectivity index (χ1) is 13.8. The maximum absolute atomic E-state index is 13.8. The van der Waals surface area contributed by atoms with Gasteiger partial charge in [-0.15, -0.1) is 0 Å². The summed E-state index contributed by atoms with van der Waals surface area (Å²) < 4.78 is 40.5. The summed E-state index contributed by atoms with van der Waals surface area (Å²) in [5, 5.41) is 5.31. The van der Waals surface area contributed by atoms with Crippen molar-refractivity contribution in [2.75, 3.05) is 5.32 Å². The van der Waals surface area contributed by atoms with Crippen LogP contribution in [0.15, 0.2) is 53.7 Å². The van der Waals surface area contributed by atoms with Crippen molar-refractivity contribution in [1.29, 1.82) is 0 Å². The number of allylic oxidation sites excluding steroid dienone is 1. The van der Waals surface area contributed by atoms with E-state index in [1.54, 1.807) is 13.0 Å². The van der Waals surface area contributed by atoms with E-state index in [1.807, 2.05) is 0 Å². The van der Waals surface area contributed by atoms with Gasteiger partial charge in [0.15, 0.2) is 11.6 Å². The summed E-state index contributed by atoms with van der Waals surface area (Å²) in [4.78, 5) is 27.2. The number of amides is 3. The second-order valence-electron chi connectivity index (χ2n) is 7.12. The Bertz CT molecular complexity index is 1030. The van der Waals surface area contributed by atoms with Gasteiger partial charge in [-0.2, -0.15) is 0 Å². The molecule has 2 aromatic carbocycles. The van der Waals surface area contributed by atoms with Crippen molar-refractivity contribution < 1.29 is 22.8 Å². The number of carbonyl (C=O) groups is 2. The van der Waals surface area contributed by atoms with Crippen molar-refractivity contribution in [3.8, 4) is 0 Å². The van der Waals surface area contributed by atoms with Gasteiger partial charge in [0.25, 0.3) is 5.91 Å². The van der Waals surface area contributed by atoms with Crippen LogP contribution >= 0.6 is 0 Å². The van der Waals surface area contributed by atoms with Crippen molar-refractivity contribution in [2.24, 2.45) is 0 Å². The molecule has 0 unspecified atom stereocenters. The van der Waals surface area contributed by atoms with Crippen LogP contribution in [0.3, 0.4) is 0 Å². The molecule has 1 fully saturated rings. The Morgan fingerprint density at radius 2 is 1.86 bits per heavy atom. The van der Waals surface area contributed by atoms with Crippen LogP contribution in [0, 0.1) is 17.5 Å². The topological polar surface area (TPSA) is 61.4 Å². The fourth-order valence-corrected chi connectivity index (χ4v) is 3.53. The van der Waals surface area contributed by atoms with Gasteiger partial charge in [-0.3, -0.25) is 9.69 Å². The van der Waals surface area contributed by atoms with E-state index in [4.69, 9.17) is 0 Å². The van der Waals surface area contributed by atoms with Crippen LogP contribution in [0.2, 0.25) is 0 Å². The second-order valence-corrected chi connectivity index (χ2v) is 7.12. The van der Waals surface area contributed by atoms with Gasteiger partial charge in [0.1, 0.15) is 5.82 Å². The Morgan fingerprint density at radius 1 is 1.10 bits per heavy atom. The minimum Gasteiger partial charge on any atom is -0.326 e. The molecule has 8 heteroatoms. The molecule has 5 nitrogen and oxygen atoms in total. The van der Waals surface area contributed by atoms with Crippen LogP contribution in [-0.2, 0) is 4.79 Å². The lowest BCUT2D eigenvalue weighted by molar-refractivity contribution is -0.113. The quantitative estimate of drug-likeness (QED) is 0.805.